The minimum absolute atomic E-state index is 0.117. The third-order valence-electron chi connectivity index (χ3n) is 5.55. The average Bonchev–Trinajstić information content (AvgIpc) is 2.88. The topological polar surface area (TPSA) is 44.2 Å². The molecule has 0 amide bonds. The van der Waals surface area contributed by atoms with Crippen molar-refractivity contribution in [3.8, 4) is 22.9 Å². The first kappa shape index (κ1) is 32.2. The summed E-state index contributed by atoms with van der Waals surface area (Å²) in [5.41, 5.74) is 0.673. The molecule has 0 atom stereocenters. The van der Waals surface area contributed by atoms with E-state index >= 15 is 0 Å². The lowest BCUT2D eigenvalue weighted by Crippen LogP contribution is -2.60. The molecular formula is C26H29F9N2O2. The van der Waals surface area contributed by atoms with Crippen molar-refractivity contribution in [3.05, 3.63) is 48.8 Å². The van der Waals surface area contributed by atoms with E-state index < -0.39 is 36.8 Å². The van der Waals surface area contributed by atoms with Gasteiger partial charge >= 0.3 is 23.9 Å². The third kappa shape index (κ3) is 8.76. The minimum atomic E-state index is -6.88. The van der Waals surface area contributed by atoms with E-state index in [1.54, 1.807) is 24.3 Å². The van der Waals surface area contributed by atoms with E-state index in [0.717, 1.165) is 25.7 Å². The van der Waals surface area contributed by atoms with Gasteiger partial charge in [-0.25, -0.2) is 9.97 Å². The van der Waals surface area contributed by atoms with Gasteiger partial charge in [0.05, 0.1) is 25.6 Å². The van der Waals surface area contributed by atoms with E-state index in [1.807, 2.05) is 0 Å². The van der Waals surface area contributed by atoms with Crippen LogP contribution in [0.15, 0.2) is 48.8 Å². The molecule has 1 heterocycles. The molecule has 0 radical (unpaired) electrons. The molecule has 13 heteroatoms. The van der Waals surface area contributed by atoms with Crippen molar-refractivity contribution in [2.75, 3.05) is 13.2 Å². The second-order valence-corrected chi connectivity index (χ2v) is 8.67. The average molecular weight is 573 g/mol. The van der Waals surface area contributed by atoms with Gasteiger partial charge in [0.1, 0.15) is 5.75 Å². The molecule has 0 spiro atoms. The van der Waals surface area contributed by atoms with Crippen LogP contribution in [0, 0.1) is 0 Å². The predicted octanol–water partition coefficient (Wildman–Crippen LogP) is 8.68. The number of nitrogens with zero attached hydrogens (tertiary/aromatic N) is 2. The van der Waals surface area contributed by atoms with Crippen LogP contribution in [-0.2, 0) is 0 Å². The summed E-state index contributed by atoms with van der Waals surface area (Å²) in [7, 11) is 0. The molecule has 0 N–H and O–H groups in total. The second kappa shape index (κ2) is 13.9. The minimum Gasteiger partial charge on any atom is -0.493 e. The van der Waals surface area contributed by atoms with Crippen LogP contribution in [0.25, 0.3) is 11.4 Å². The summed E-state index contributed by atoms with van der Waals surface area (Å²) in [6.07, 6.45) is 1.09. The van der Waals surface area contributed by atoms with Crippen molar-refractivity contribution < 1.29 is 49.0 Å². The highest BCUT2D eigenvalue weighted by atomic mass is 19.4. The van der Waals surface area contributed by atoms with Crippen LogP contribution in [0.5, 0.6) is 11.5 Å². The Morgan fingerprint density at radius 3 is 1.87 bits per heavy atom. The monoisotopic (exact) mass is 572 g/mol. The molecule has 39 heavy (non-hydrogen) atoms. The Balaban J connectivity index is 1.78. The van der Waals surface area contributed by atoms with E-state index in [4.69, 9.17) is 9.47 Å². The van der Waals surface area contributed by atoms with Crippen molar-refractivity contribution in [1.82, 2.24) is 9.97 Å². The molecule has 0 bridgehead atoms. The number of unbranched alkanes of at least 4 members (excludes halogenated alkanes) is 3. The van der Waals surface area contributed by atoms with Crippen LogP contribution in [0.4, 0.5) is 39.5 Å². The molecule has 2 rings (SSSR count). The molecule has 0 saturated heterocycles. The molecule has 0 aliphatic carbocycles. The maximum Gasteiger partial charge on any atom is 0.460 e. The first-order valence-electron chi connectivity index (χ1n) is 12.3. The Bertz CT molecular complexity index is 1030. The van der Waals surface area contributed by atoms with Gasteiger partial charge in [-0.3, -0.25) is 0 Å². The molecule has 0 unspecified atom stereocenters. The van der Waals surface area contributed by atoms with Gasteiger partial charge in [0.2, 0.25) is 0 Å². The molecule has 0 aliphatic heterocycles. The van der Waals surface area contributed by atoms with Crippen molar-refractivity contribution >= 4 is 0 Å². The standard InChI is InChI=1S/C26H29F9N2O2/c1-2-3-4-5-6-8-15-38-20-12-10-19(11-13-20)22-36-17-21(18-37-22)39-16-9-7-14-23(27,28)24(29,30)25(31,32)26(33,34)35/h5-6,10-13,17-18H,2-4,7-9,14-16H2,1H3/b6-5-. The summed E-state index contributed by atoms with van der Waals surface area (Å²) < 4.78 is 127. The molecule has 1 aromatic carbocycles. The van der Waals surface area contributed by atoms with Gasteiger partial charge in [-0.1, -0.05) is 31.9 Å². The van der Waals surface area contributed by atoms with Crippen LogP contribution in [0.3, 0.4) is 0 Å². The fourth-order valence-electron chi connectivity index (χ4n) is 3.25. The number of hydrogen-bond donors (Lipinski definition) is 0. The largest absolute Gasteiger partial charge is 0.493 e. The van der Waals surface area contributed by atoms with Crippen molar-refractivity contribution in [3.63, 3.8) is 0 Å². The maximum atomic E-state index is 13.5. The number of allylic oxidation sites excluding steroid dienone is 1. The van der Waals surface area contributed by atoms with E-state index in [1.165, 1.54) is 12.4 Å². The van der Waals surface area contributed by atoms with Gasteiger partial charge in [-0.2, -0.15) is 39.5 Å². The van der Waals surface area contributed by atoms with Gasteiger partial charge in [0.25, 0.3) is 0 Å². The number of alkyl halides is 9. The van der Waals surface area contributed by atoms with E-state index in [2.05, 4.69) is 29.0 Å². The van der Waals surface area contributed by atoms with Crippen LogP contribution in [0.2, 0.25) is 0 Å². The summed E-state index contributed by atoms with van der Waals surface area (Å²) >= 11 is 0. The van der Waals surface area contributed by atoms with Crippen molar-refractivity contribution in [1.29, 1.82) is 0 Å². The van der Waals surface area contributed by atoms with E-state index in [9.17, 15) is 39.5 Å². The third-order valence-corrected chi connectivity index (χ3v) is 5.55. The van der Waals surface area contributed by atoms with Gasteiger partial charge in [0.15, 0.2) is 11.6 Å². The number of halogens is 9. The number of aromatic nitrogens is 2. The van der Waals surface area contributed by atoms with Crippen LogP contribution in [0.1, 0.15) is 51.9 Å². The lowest BCUT2D eigenvalue weighted by Gasteiger charge is -2.33. The zero-order chi connectivity index (χ0) is 29.2. The number of rotatable bonds is 16. The number of ether oxygens (including phenoxy) is 2. The van der Waals surface area contributed by atoms with E-state index in [-0.39, 0.29) is 18.8 Å². The molecule has 0 aliphatic rings. The molecule has 4 nitrogen and oxygen atoms in total. The fourth-order valence-corrected chi connectivity index (χ4v) is 3.25. The Labute approximate surface area is 220 Å². The van der Waals surface area contributed by atoms with Crippen molar-refractivity contribution in [2.24, 2.45) is 0 Å². The molecular weight excluding hydrogens is 543 g/mol. The van der Waals surface area contributed by atoms with Gasteiger partial charge < -0.3 is 9.47 Å². The van der Waals surface area contributed by atoms with Gasteiger partial charge in [-0.05, 0) is 49.9 Å². The summed E-state index contributed by atoms with van der Waals surface area (Å²) in [5, 5.41) is 0. The Kier molecular flexibility index (Phi) is 11.5. The summed E-state index contributed by atoms with van der Waals surface area (Å²) in [6.45, 7) is 2.36. The van der Waals surface area contributed by atoms with Crippen LogP contribution >= 0.6 is 0 Å². The molecule has 0 saturated carbocycles. The lowest BCUT2D eigenvalue weighted by molar-refractivity contribution is -0.396. The number of hydrogen-bond acceptors (Lipinski definition) is 4. The zero-order valence-corrected chi connectivity index (χ0v) is 21.1. The smallest absolute Gasteiger partial charge is 0.460 e. The normalized spacial score (nSPS) is 13.2. The first-order chi connectivity index (χ1) is 18.2. The highest BCUT2D eigenvalue weighted by molar-refractivity contribution is 5.56. The Morgan fingerprint density at radius 1 is 0.692 bits per heavy atom. The molecule has 0 fully saturated rings. The zero-order valence-electron chi connectivity index (χ0n) is 21.1. The quantitative estimate of drug-likeness (QED) is 0.115. The highest BCUT2D eigenvalue weighted by Gasteiger charge is 2.81. The number of benzene rings is 1. The highest BCUT2D eigenvalue weighted by Crippen LogP contribution is 2.54. The van der Waals surface area contributed by atoms with E-state index in [0.29, 0.717) is 23.7 Å². The van der Waals surface area contributed by atoms with Crippen LogP contribution in [-0.4, -0.2) is 47.1 Å². The lowest BCUT2D eigenvalue weighted by atomic mass is 9.99. The molecule has 2 aromatic rings. The fraction of sp³-hybridized carbons (Fsp3) is 0.538. The molecule has 218 valence electrons. The van der Waals surface area contributed by atoms with Gasteiger partial charge in [0, 0.05) is 12.0 Å². The Morgan fingerprint density at radius 2 is 1.28 bits per heavy atom. The second-order valence-electron chi connectivity index (χ2n) is 8.67. The maximum absolute atomic E-state index is 13.5. The molecule has 1 aromatic heterocycles. The SMILES string of the molecule is CCCC/C=C\CCOc1ccc(-c2ncc(OCCCCC(F)(F)C(F)(F)C(F)(F)C(F)(F)F)cn2)cc1. The summed E-state index contributed by atoms with van der Waals surface area (Å²) in [6, 6.07) is 7.02. The summed E-state index contributed by atoms with van der Waals surface area (Å²) in [4.78, 5) is 8.23. The predicted molar refractivity (Wildman–Crippen MR) is 126 cm³/mol. The van der Waals surface area contributed by atoms with Gasteiger partial charge in [-0.15, -0.1) is 0 Å². The Hall–Kier alpha value is -2.99. The summed E-state index contributed by atoms with van der Waals surface area (Å²) in [5.74, 6) is -17.9. The van der Waals surface area contributed by atoms with Crippen LogP contribution < -0.4 is 9.47 Å². The first-order valence-corrected chi connectivity index (χ1v) is 12.3. The van der Waals surface area contributed by atoms with Crippen molar-refractivity contribution in [2.45, 2.75) is 75.8 Å².